The Labute approximate surface area is 193 Å². The molecule has 0 aliphatic heterocycles. The number of hydrogen-bond acceptors (Lipinski definition) is 5. The van der Waals surface area contributed by atoms with Crippen LogP contribution in [-0.4, -0.2) is 46.5 Å². The summed E-state index contributed by atoms with van der Waals surface area (Å²) in [6.45, 7) is 2.21. The van der Waals surface area contributed by atoms with Gasteiger partial charge in [0.15, 0.2) is 11.6 Å². The molecule has 2 rings (SSSR count). The molecule has 164 valence electrons. The van der Waals surface area contributed by atoms with E-state index in [1.807, 2.05) is 22.6 Å². The second-order valence-electron chi connectivity index (χ2n) is 6.51. The Morgan fingerprint density at radius 2 is 1.93 bits per heavy atom. The van der Waals surface area contributed by atoms with Crippen LogP contribution in [0.15, 0.2) is 28.7 Å². The molecule has 0 aromatic heterocycles. The number of nitrogens with one attached hydrogen (secondary N) is 1. The van der Waals surface area contributed by atoms with E-state index in [0.717, 1.165) is 11.1 Å². The van der Waals surface area contributed by atoms with Crippen molar-refractivity contribution in [1.82, 2.24) is 5.06 Å². The van der Waals surface area contributed by atoms with Crippen molar-refractivity contribution in [3.05, 3.63) is 55.3 Å². The number of halogens is 5. The molecule has 0 heterocycles. The minimum absolute atomic E-state index is 0.155. The third-order valence-electron chi connectivity index (χ3n) is 3.87. The molecule has 11 heteroatoms. The minimum atomic E-state index is -1.38. The molecule has 0 aliphatic rings. The van der Waals surface area contributed by atoms with Crippen molar-refractivity contribution >= 4 is 55.8 Å². The van der Waals surface area contributed by atoms with E-state index < -0.39 is 54.4 Å². The van der Waals surface area contributed by atoms with Crippen LogP contribution >= 0.6 is 38.5 Å². The first-order chi connectivity index (χ1) is 14.1. The van der Waals surface area contributed by atoms with Crippen molar-refractivity contribution in [2.45, 2.75) is 26.0 Å². The number of nitrogens with zero attached hydrogens (tertiary/aromatic N) is 1. The zero-order valence-corrected chi connectivity index (χ0v) is 19.7. The molecule has 2 aromatic carbocycles. The maximum Gasteiger partial charge on any atom is 0.279 e. The van der Waals surface area contributed by atoms with Crippen molar-refractivity contribution in [2.75, 3.05) is 18.5 Å². The van der Waals surface area contributed by atoms with Crippen LogP contribution in [-0.2, 0) is 4.84 Å². The highest BCUT2D eigenvalue weighted by Gasteiger charge is 2.28. The monoisotopic (exact) mass is 602 g/mol. The fourth-order valence-electron chi connectivity index (χ4n) is 2.39. The second kappa shape index (κ2) is 10.8. The molecule has 0 saturated heterocycles. The Bertz CT molecular complexity index is 933. The SMILES string of the molecule is CC(C)N(OCC(O)CO)C(=O)c1cc(Br)c(F)c(F)c1Nc1ccc(I)cc1F. The van der Waals surface area contributed by atoms with E-state index in [1.54, 1.807) is 19.9 Å². The summed E-state index contributed by atoms with van der Waals surface area (Å²) in [5.74, 6) is -4.22. The minimum Gasteiger partial charge on any atom is -0.394 e. The lowest BCUT2D eigenvalue weighted by atomic mass is 10.1. The lowest BCUT2D eigenvalue weighted by Gasteiger charge is -2.27. The van der Waals surface area contributed by atoms with Gasteiger partial charge in [0.2, 0.25) is 0 Å². The molecule has 0 saturated carbocycles. The summed E-state index contributed by atoms with van der Waals surface area (Å²) in [5.41, 5.74) is -1.05. The van der Waals surface area contributed by atoms with Crippen LogP contribution in [0.5, 0.6) is 0 Å². The average molecular weight is 603 g/mol. The standard InChI is InChI=1S/C19H19BrF3IN2O4/c1-9(2)26(30-8-11(28)7-27)19(29)12-6-13(20)16(22)17(23)18(12)25-15-4-3-10(24)5-14(15)21/h3-6,9,11,25,27-28H,7-8H2,1-2H3. The third-order valence-corrected chi connectivity index (χ3v) is 5.12. The Hall–Kier alpha value is -1.41. The highest BCUT2D eigenvalue weighted by Crippen LogP contribution is 2.33. The van der Waals surface area contributed by atoms with Crippen LogP contribution in [0, 0.1) is 21.0 Å². The summed E-state index contributed by atoms with van der Waals surface area (Å²) >= 11 is 4.76. The quantitative estimate of drug-likeness (QED) is 0.238. The number of benzene rings is 2. The third kappa shape index (κ3) is 5.84. The number of rotatable bonds is 8. The molecule has 0 radical (unpaired) electrons. The van der Waals surface area contributed by atoms with Gasteiger partial charge in [-0.3, -0.25) is 9.63 Å². The Kier molecular flexibility index (Phi) is 8.91. The molecule has 30 heavy (non-hydrogen) atoms. The molecule has 3 N–H and O–H groups in total. The van der Waals surface area contributed by atoms with Crippen LogP contribution in [0.1, 0.15) is 24.2 Å². The van der Waals surface area contributed by atoms with Gasteiger partial charge in [-0.2, -0.15) is 0 Å². The zero-order chi connectivity index (χ0) is 22.6. The number of hydroxylamine groups is 2. The fourth-order valence-corrected chi connectivity index (χ4v) is 3.25. The first-order valence-corrected chi connectivity index (χ1v) is 10.6. The molecular weight excluding hydrogens is 584 g/mol. The fraction of sp³-hybridized carbons (Fsp3) is 0.316. The van der Waals surface area contributed by atoms with Crippen molar-refractivity contribution in [2.24, 2.45) is 0 Å². The Morgan fingerprint density at radius 1 is 1.27 bits per heavy atom. The molecule has 0 spiro atoms. The molecule has 1 unspecified atom stereocenters. The first kappa shape index (κ1) is 24.9. The number of hydrogen-bond donors (Lipinski definition) is 3. The number of aliphatic hydroxyl groups excluding tert-OH is 2. The van der Waals surface area contributed by atoms with Crippen LogP contribution in [0.4, 0.5) is 24.5 Å². The van der Waals surface area contributed by atoms with Crippen molar-refractivity contribution in [3.8, 4) is 0 Å². The zero-order valence-electron chi connectivity index (χ0n) is 15.9. The smallest absolute Gasteiger partial charge is 0.279 e. The highest BCUT2D eigenvalue weighted by atomic mass is 127. The highest BCUT2D eigenvalue weighted by molar-refractivity contribution is 14.1. The number of aliphatic hydroxyl groups is 2. The summed E-state index contributed by atoms with van der Waals surface area (Å²) < 4.78 is 43.5. The summed E-state index contributed by atoms with van der Waals surface area (Å²) in [5, 5.41) is 21.7. The molecule has 1 atom stereocenters. The van der Waals surface area contributed by atoms with E-state index in [-0.39, 0.29) is 15.7 Å². The van der Waals surface area contributed by atoms with Crippen molar-refractivity contribution in [1.29, 1.82) is 0 Å². The molecule has 0 aliphatic carbocycles. The largest absolute Gasteiger partial charge is 0.394 e. The summed E-state index contributed by atoms with van der Waals surface area (Å²) in [6, 6.07) is 4.57. The van der Waals surface area contributed by atoms with Gasteiger partial charge in [0, 0.05) is 3.57 Å². The van der Waals surface area contributed by atoms with E-state index in [0.29, 0.717) is 3.57 Å². The van der Waals surface area contributed by atoms with Gasteiger partial charge in [0.1, 0.15) is 18.5 Å². The van der Waals surface area contributed by atoms with Gasteiger partial charge in [-0.15, -0.1) is 0 Å². The molecule has 6 nitrogen and oxygen atoms in total. The maximum atomic E-state index is 14.7. The topological polar surface area (TPSA) is 82.0 Å². The maximum absolute atomic E-state index is 14.7. The van der Waals surface area contributed by atoms with Gasteiger partial charge >= 0.3 is 0 Å². The van der Waals surface area contributed by atoms with Gasteiger partial charge in [-0.25, -0.2) is 18.2 Å². The van der Waals surface area contributed by atoms with Gasteiger partial charge in [-0.05, 0) is 76.6 Å². The molecular formula is C19H19BrF3IN2O4. The molecule has 1 amide bonds. The van der Waals surface area contributed by atoms with Crippen molar-refractivity contribution in [3.63, 3.8) is 0 Å². The van der Waals surface area contributed by atoms with E-state index in [1.165, 1.54) is 12.1 Å². The summed E-state index contributed by atoms with van der Waals surface area (Å²) in [4.78, 5) is 18.3. The molecule has 0 bridgehead atoms. The Morgan fingerprint density at radius 3 is 2.50 bits per heavy atom. The number of carbonyl (C=O) groups is 1. The van der Waals surface area contributed by atoms with Crippen LogP contribution in [0.3, 0.4) is 0 Å². The van der Waals surface area contributed by atoms with Crippen LogP contribution in [0.25, 0.3) is 0 Å². The number of anilines is 2. The summed E-state index contributed by atoms with van der Waals surface area (Å²) in [7, 11) is 0. The first-order valence-electron chi connectivity index (χ1n) is 8.71. The lowest BCUT2D eigenvalue weighted by Crippen LogP contribution is -2.40. The molecule has 2 aromatic rings. The predicted octanol–water partition coefficient (Wildman–Crippen LogP) is 4.35. The average Bonchev–Trinajstić information content (AvgIpc) is 2.69. The van der Waals surface area contributed by atoms with Crippen LogP contribution < -0.4 is 5.32 Å². The van der Waals surface area contributed by atoms with E-state index in [4.69, 9.17) is 9.94 Å². The van der Waals surface area contributed by atoms with Gasteiger partial charge in [0.05, 0.1) is 34.1 Å². The van der Waals surface area contributed by atoms with E-state index in [2.05, 4.69) is 21.2 Å². The van der Waals surface area contributed by atoms with E-state index in [9.17, 15) is 23.1 Å². The number of amides is 1. The van der Waals surface area contributed by atoms with Gasteiger partial charge < -0.3 is 15.5 Å². The van der Waals surface area contributed by atoms with Gasteiger partial charge in [-0.1, -0.05) is 0 Å². The van der Waals surface area contributed by atoms with E-state index >= 15 is 0 Å². The normalized spacial score (nSPS) is 12.2. The van der Waals surface area contributed by atoms with Gasteiger partial charge in [0.25, 0.3) is 5.91 Å². The predicted molar refractivity (Wildman–Crippen MR) is 117 cm³/mol. The lowest BCUT2D eigenvalue weighted by molar-refractivity contribution is -0.165. The van der Waals surface area contributed by atoms with Crippen LogP contribution in [0.2, 0.25) is 0 Å². The van der Waals surface area contributed by atoms with Crippen molar-refractivity contribution < 1.29 is 33.0 Å². The molecule has 0 fully saturated rings. The Balaban J connectivity index is 2.50. The summed E-state index contributed by atoms with van der Waals surface area (Å²) in [6.07, 6.45) is -1.24. The number of carbonyl (C=O) groups excluding carboxylic acids is 1. The second-order valence-corrected chi connectivity index (χ2v) is 8.61.